The molecule has 0 amide bonds. The summed E-state index contributed by atoms with van der Waals surface area (Å²) in [4.78, 5) is 11.0. The number of carbonyl (C=O) groups is 1. The zero-order valence-electron chi connectivity index (χ0n) is 13.7. The maximum atomic E-state index is 11.0. The Labute approximate surface area is 129 Å². The van der Waals surface area contributed by atoms with Crippen molar-refractivity contribution in [3.8, 4) is 0 Å². The lowest BCUT2D eigenvalue weighted by molar-refractivity contribution is -0.144. The van der Waals surface area contributed by atoms with Crippen molar-refractivity contribution in [3.05, 3.63) is 0 Å². The molecule has 0 aliphatic carbocycles. The van der Waals surface area contributed by atoms with Gasteiger partial charge >= 0.3 is 5.97 Å². The number of carbonyl (C=O) groups excluding carboxylic acids is 1. The van der Waals surface area contributed by atoms with E-state index in [1.165, 1.54) is 25.7 Å². The van der Waals surface area contributed by atoms with Gasteiger partial charge in [-0.3, -0.25) is 4.79 Å². The van der Waals surface area contributed by atoms with Crippen molar-refractivity contribution in [1.29, 1.82) is 0 Å². The van der Waals surface area contributed by atoms with Gasteiger partial charge in [-0.2, -0.15) is 0 Å². The third-order valence-electron chi connectivity index (χ3n) is 2.89. The van der Waals surface area contributed by atoms with Crippen LogP contribution < -0.4 is 0 Å². The van der Waals surface area contributed by atoms with E-state index in [0.29, 0.717) is 46.1 Å². The first-order chi connectivity index (χ1) is 10.3. The van der Waals surface area contributed by atoms with Gasteiger partial charge in [0.05, 0.1) is 46.1 Å². The third kappa shape index (κ3) is 17.3. The first-order valence-electron chi connectivity index (χ1n) is 8.20. The zero-order chi connectivity index (χ0) is 15.6. The molecule has 0 fully saturated rings. The van der Waals surface area contributed by atoms with Gasteiger partial charge in [0.2, 0.25) is 0 Å². The molecule has 0 aromatic rings. The molecule has 0 aromatic heterocycles. The van der Waals surface area contributed by atoms with Crippen LogP contribution in [0, 0.1) is 0 Å². The molecule has 0 saturated heterocycles. The van der Waals surface area contributed by atoms with Gasteiger partial charge in [0.25, 0.3) is 0 Å². The summed E-state index contributed by atoms with van der Waals surface area (Å²) in [5.41, 5.74) is 0. The van der Waals surface area contributed by atoms with Crippen LogP contribution >= 0.6 is 0 Å². The largest absolute Gasteiger partial charge is 0.466 e. The van der Waals surface area contributed by atoms with Crippen LogP contribution in [0.5, 0.6) is 0 Å². The molecular formula is C16H32O5. The van der Waals surface area contributed by atoms with Gasteiger partial charge in [-0.1, -0.05) is 32.6 Å². The van der Waals surface area contributed by atoms with Gasteiger partial charge in [0.1, 0.15) is 0 Å². The molecule has 126 valence electrons. The van der Waals surface area contributed by atoms with Gasteiger partial charge in [-0.25, -0.2) is 0 Å². The number of hydrogen-bond acceptors (Lipinski definition) is 5. The minimum Gasteiger partial charge on any atom is -0.466 e. The maximum absolute atomic E-state index is 11.0. The fourth-order valence-corrected chi connectivity index (χ4v) is 1.74. The highest BCUT2D eigenvalue weighted by Gasteiger charge is 2.00. The Hall–Kier alpha value is -0.650. The predicted molar refractivity (Wildman–Crippen MR) is 82.5 cm³/mol. The van der Waals surface area contributed by atoms with Gasteiger partial charge < -0.3 is 18.9 Å². The number of hydrogen-bond donors (Lipinski definition) is 0. The first-order valence-corrected chi connectivity index (χ1v) is 8.20. The van der Waals surface area contributed by atoms with E-state index in [9.17, 15) is 4.79 Å². The monoisotopic (exact) mass is 304 g/mol. The molecule has 0 bridgehead atoms. The van der Waals surface area contributed by atoms with Crippen molar-refractivity contribution in [2.45, 2.75) is 52.4 Å². The molecule has 0 radical (unpaired) electrons. The summed E-state index contributed by atoms with van der Waals surface area (Å²) in [6.07, 6.45) is 6.59. The smallest absolute Gasteiger partial charge is 0.308 e. The second-order valence-corrected chi connectivity index (χ2v) is 4.81. The van der Waals surface area contributed by atoms with Crippen molar-refractivity contribution in [2.24, 2.45) is 0 Å². The van der Waals surface area contributed by atoms with Crippen LogP contribution in [0.3, 0.4) is 0 Å². The van der Waals surface area contributed by atoms with Crippen LogP contribution in [-0.4, -0.2) is 52.2 Å². The van der Waals surface area contributed by atoms with Crippen LogP contribution in [0.25, 0.3) is 0 Å². The lowest BCUT2D eigenvalue weighted by atomic mass is 10.2. The van der Waals surface area contributed by atoms with E-state index in [-0.39, 0.29) is 5.97 Å². The topological polar surface area (TPSA) is 54.0 Å². The highest BCUT2D eigenvalue weighted by molar-refractivity contribution is 5.69. The first kappa shape index (κ1) is 20.3. The zero-order valence-corrected chi connectivity index (χ0v) is 13.7. The summed E-state index contributed by atoms with van der Waals surface area (Å²) >= 11 is 0. The minimum atomic E-state index is -0.217. The average Bonchev–Trinajstić information content (AvgIpc) is 2.48. The van der Waals surface area contributed by atoms with Crippen molar-refractivity contribution >= 4 is 5.97 Å². The number of ether oxygens (including phenoxy) is 4. The summed E-state index contributed by atoms with van der Waals surface area (Å²) in [5, 5.41) is 0. The Kier molecular flexibility index (Phi) is 16.9. The summed E-state index contributed by atoms with van der Waals surface area (Å²) in [7, 11) is 0. The van der Waals surface area contributed by atoms with Crippen LogP contribution in [0.4, 0.5) is 0 Å². The fourth-order valence-electron chi connectivity index (χ4n) is 1.74. The van der Waals surface area contributed by atoms with E-state index in [1.54, 1.807) is 6.92 Å². The molecule has 5 heteroatoms. The normalized spacial score (nSPS) is 10.8. The maximum Gasteiger partial charge on any atom is 0.308 e. The van der Waals surface area contributed by atoms with Crippen LogP contribution in [-0.2, 0) is 23.7 Å². The molecule has 0 heterocycles. The Morgan fingerprint density at radius 1 is 0.714 bits per heavy atom. The minimum absolute atomic E-state index is 0.217. The quantitative estimate of drug-likeness (QED) is 0.324. The SMILES string of the molecule is CCCCCCCOCCOCCOCCC(=O)OCC. The van der Waals surface area contributed by atoms with Crippen LogP contribution in [0.15, 0.2) is 0 Å². The summed E-state index contributed by atoms with van der Waals surface area (Å²) in [6, 6.07) is 0. The lowest BCUT2D eigenvalue weighted by Gasteiger charge is -2.07. The molecule has 0 aliphatic rings. The average molecular weight is 304 g/mol. The molecule has 0 rings (SSSR count). The number of unbranched alkanes of at least 4 members (excludes halogenated alkanes) is 4. The lowest BCUT2D eigenvalue weighted by Crippen LogP contribution is -2.12. The Morgan fingerprint density at radius 2 is 1.29 bits per heavy atom. The summed E-state index contributed by atoms with van der Waals surface area (Å²) in [6.45, 7) is 7.89. The molecule has 0 N–H and O–H groups in total. The van der Waals surface area contributed by atoms with E-state index in [0.717, 1.165) is 13.0 Å². The van der Waals surface area contributed by atoms with Crippen molar-refractivity contribution < 1.29 is 23.7 Å². The fraction of sp³-hybridized carbons (Fsp3) is 0.938. The number of esters is 1. The summed E-state index contributed by atoms with van der Waals surface area (Å²) < 4.78 is 20.9. The van der Waals surface area contributed by atoms with Gasteiger partial charge in [0, 0.05) is 6.61 Å². The van der Waals surface area contributed by atoms with Crippen LogP contribution in [0.2, 0.25) is 0 Å². The second-order valence-electron chi connectivity index (χ2n) is 4.81. The number of rotatable bonds is 16. The van der Waals surface area contributed by atoms with E-state index in [4.69, 9.17) is 18.9 Å². The van der Waals surface area contributed by atoms with Crippen LogP contribution in [0.1, 0.15) is 52.4 Å². The predicted octanol–water partition coefficient (Wildman–Crippen LogP) is 2.96. The van der Waals surface area contributed by atoms with Crippen molar-refractivity contribution in [3.63, 3.8) is 0 Å². The van der Waals surface area contributed by atoms with E-state index >= 15 is 0 Å². The third-order valence-corrected chi connectivity index (χ3v) is 2.89. The Morgan fingerprint density at radius 3 is 1.90 bits per heavy atom. The van der Waals surface area contributed by atoms with Gasteiger partial charge in [-0.05, 0) is 13.3 Å². The molecular weight excluding hydrogens is 272 g/mol. The standard InChI is InChI=1S/C16H32O5/c1-3-5-6-7-8-10-18-12-14-20-15-13-19-11-9-16(17)21-4-2/h3-15H2,1-2H3. The van der Waals surface area contributed by atoms with E-state index in [2.05, 4.69) is 6.92 Å². The molecule has 0 unspecified atom stereocenters. The van der Waals surface area contributed by atoms with Crippen molar-refractivity contribution in [2.75, 3.05) is 46.2 Å². The molecule has 0 aliphatic heterocycles. The molecule has 0 saturated carbocycles. The van der Waals surface area contributed by atoms with Gasteiger partial charge in [-0.15, -0.1) is 0 Å². The highest BCUT2D eigenvalue weighted by Crippen LogP contribution is 2.02. The molecule has 5 nitrogen and oxygen atoms in total. The molecule has 0 aromatic carbocycles. The second kappa shape index (κ2) is 17.4. The van der Waals surface area contributed by atoms with E-state index in [1.807, 2.05) is 0 Å². The van der Waals surface area contributed by atoms with E-state index < -0.39 is 0 Å². The molecule has 21 heavy (non-hydrogen) atoms. The Balaban J connectivity index is 3.01. The van der Waals surface area contributed by atoms with Gasteiger partial charge in [0.15, 0.2) is 0 Å². The molecule has 0 spiro atoms. The highest BCUT2D eigenvalue weighted by atomic mass is 16.5. The van der Waals surface area contributed by atoms with Crippen molar-refractivity contribution in [1.82, 2.24) is 0 Å². The Bertz CT molecular complexity index is 221. The summed E-state index contributed by atoms with van der Waals surface area (Å²) in [5.74, 6) is -0.217. The molecule has 0 atom stereocenters.